The third-order valence-electron chi connectivity index (χ3n) is 1.14. The fraction of sp³-hybridized carbons (Fsp3) is 0.250. The Morgan fingerprint density at radius 1 is 1.71 bits per heavy atom. The first kappa shape index (κ1) is 12.0. The first-order chi connectivity index (χ1) is 6.72. The van der Waals surface area contributed by atoms with Crippen molar-refractivity contribution in [2.24, 2.45) is 0 Å². The van der Waals surface area contributed by atoms with Crippen molar-refractivity contribution in [1.29, 1.82) is 0 Å². The molecule has 6 heteroatoms. The lowest BCUT2D eigenvalue weighted by Gasteiger charge is -1.84. The molecule has 0 aliphatic carbocycles. The average Bonchev–Trinajstić information content (AvgIpc) is 2.21. The maximum absolute atomic E-state index is 9.97. The third kappa shape index (κ3) is 5.64. The van der Waals surface area contributed by atoms with E-state index in [1.165, 1.54) is 24.5 Å². The van der Waals surface area contributed by atoms with Crippen molar-refractivity contribution in [2.45, 2.75) is 6.92 Å². The van der Waals surface area contributed by atoms with Gasteiger partial charge in [0.05, 0.1) is 4.92 Å². The minimum atomic E-state index is -0.479. The second-order valence-corrected chi connectivity index (χ2v) is 2.14. The molecule has 1 N–H and O–H groups in total. The number of pyridine rings is 1. The topological polar surface area (TPSA) is 85.1 Å². The number of carbonyl (C=O) groups is 1. The Bertz CT molecular complexity index is 276. The molecule has 0 aliphatic rings. The Labute approximate surface area is 81.1 Å². The van der Waals surface area contributed by atoms with Gasteiger partial charge in [0.25, 0.3) is 5.69 Å². The number of rotatable bonds is 3. The predicted octanol–water partition coefficient (Wildman–Crippen LogP) is 0.742. The summed E-state index contributed by atoms with van der Waals surface area (Å²) in [6.07, 6.45) is 3.38. The molecule has 0 bridgehead atoms. The monoisotopic (exact) mass is 197 g/mol. The zero-order chi connectivity index (χ0) is 10.8. The van der Waals surface area contributed by atoms with Gasteiger partial charge in [0.15, 0.2) is 0 Å². The highest BCUT2D eigenvalue weighted by atomic mass is 16.6. The van der Waals surface area contributed by atoms with Gasteiger partial charge in [-0.05, 0) is 13.0 Å². The zero-order valence-electron chi connectivity index (χ0n) is 7.71. The summed E-state index contributed by atoms with van der Waals surface area (Å²) in [6, 6.07) is 2.92. The minimum absolute atomic E-state index is 0.0255. The van der Waals surface area contributed by atoms with E-state index in [4.69, 9.17) is 0 Å². The highest BCUT2D eigenvalue weighted by molar-refractivity contribution is 5.45. The van der Waals surface area contributed by atoms with Crippen LogP contribution in [-0.4, -0.2) is 22.9 Å². The summed E-state index contributed by atoms with van der Waals surface area (Å²) >= 11 is 0. The van der Waals surface area contributed by atoms with Crippen LogP contribution in [0.1, 0.15) is 6.92 Å². The van der Waals surface area contributed by atoms with Crippen molar-refractivity contribution in [3.05, 3.63) is 34.6 Å². The molecule has 0 radical (unpaired) electrons. The van der Waals surface area contributed by atoms with Crippen LogP contribution in [0.15, 0.2) is 24.5 Å². The van der Waals surface area contributed by atoms with Crippen molar-refractivity contribution in [2.75, 3.05) is 6.54 Å². The van der Waals surface area contributed by atoms with E-state index < -0.39 is 4.92 Å². The maximum Gasteiger partial charge on any atom is 0.287 e. The van der Waals surface area contributed by atoms with E-state index in [2.05, 4.69) is 10.3 Å². The van der Waals surface area contributed by atoms with Crippen LogP contribution >= 0.6 is 0 Å². The van der Waals surface area contributed by atoms with Crippen molar-refractivity contribution in [1.82, 2.24) is 10.3 Å². The highest BCUT2D eigenvalue weighted by Gasteiger charge is 1.99. The molecule has 1 rings (SSSR count). The lowest BCUT2D eigenvalue weighted by molar-refractivity contribution is -0.385. The van der Waals surface area contributed by atoms with Crippen LogP contribution in [0.3, 0.4) is 0 Å². The van der Waals surface area contributed by atoms with Gasteiger partial charge in [0.1, 0.15) is 6.20 Å². The Morgan fingerprint density at radius 2 is 2.43 bits per heavy atom. The molecule has 1 amide bonds. The standard InChI is InChI=1S/C5H4N2O2.C3H7NO/c8-7(9)5-2-1-3-6-4-5;1-2-4-3-5/h1-4H;3H,2H2,1H3,(H,4,5). The second-order valence-electron chi connectivity index (χ2n) is 2.14. The molecule has 0 saturated heterocycles. The van der Waals surface area contributed by atoms with Crippen LogP contribution in [-0.2, 0) is 4.79 Å². The highest BCUT2D eigenvalue weighted by Crippen LogP contribution is 2.04. The first-order valence-electron chi connectivity index (χ1n) is 3.93. The Balaban J connectivity index is 0.000000292. The Hall–Kier alpha value is -1.98. The summed E-state index contributed by atoms with van der Waals surface area (Å²) in [5.74, 6) is 0. The number of nitro groups is 1. The lowest BCUT2D eigenvalue weighted by Crippen LogP contribution is -2.07. The average molecular weight is 197 g/mol. The lowest BCUT2D eigenvalue weighted by atomic mass is 10.4. The molecule has 1 aromatic rings. The van der Waals surface area contributed by atoms with Gasteiger partial charge in [-0.2, -0.15) is 0 Å². The molecule has 0 spiro atoms. The summed E-state index contributed by atoms with van der Waals surface area (Å²) < 4.78 is 0. The van der Waals surface area contributed by atoms with E-state index in [1.54, 1.807) is 0 Å². The molecule has 0 saturated carbocycles. The smallest absolute Gasteiger partial charge is 0.287 e. The summed E-state index contributed by atoms with van der Waals surface area (Å²) in [7, 11) is 0. The Kier molecular flexibility index (Phi) is 6.57. The van der Waals surface area contributed by atoms with E-state index >= 15 is 0 Å². The van der Waals surface area contributed by atoms with Crippen LogP contribution < -0.4 is 5.32 Å². The zero-order valence-corrected chi connectivity index (χ0v) is 7.71. The van der Waals surface area contributed by atoms with Gasteiger partial charge < -0.3 is 5.32 Å². The number of amides is 1. The van der Waals surface area contributed by atoms with E-state index in [-0.39, 0.29) is 5.69 Å². The summed E-state index contributed by atoms with van der Waals surface area (Å²) in [4.78, 5) is 22.3. The molecule has 76 valence electrons. The van der Waals surface area contributed by atoms with Crippen LogP contribution in [0, 0.1) is 10.1 Å². The van der Waals surface area contributed by atoms with Gasteiger partial charge in [0.2, 0.25) is 6.41 Å². The van der Waals surface area contributed by atoms with Crippen LogP contribution in [0.4, 0.5) is 5.69 Å². The SMILES string of the molecule is CCNC=O.O=[N+]([O-])c1cccnc1. The molecular formula is C8H11N3O3. The quantitative estimate of drug-likeness (QED) is 0.440. The number of hydrogen-bond donors (Lipinski definition) is 1. The second kappa shape index (κ2) is 7.66. The van der Waals surface area contributed by atoms with Gasteiger partial charge >= 0.3 is 0 Å². The Morgan fingerprint density at radius 3 is 2.64 bits per heavy atom. The normalized spacial score (nSPS) is 8.07. The molecule has 0 aromatic carbocycles. The van der Waals surface area contributed by atoms with E-state index in [0.29, 0.717) is 6.41 Å². The molecule has 1 aromatic heterocycles. The number of nitrogens with zero attached hydrogens (tertiary/aromatic N) is 2. The van der Waals surface area contributed by atoms with E-state index in [0.717, 1.165) is 6.54 Å². The molecule has 0 fully saturated rings. The van der Waals surface area contributed by atoms with Crippen molar-refractivity contribution in [3.8, 4) is 0 Å². The van der Waals surface area contributed by atoms with E-state index in [1.807, 2.05) is 6.92 Å². The largest absolute Gasteiger partial charge is 0.359 e. The minimum Gasteiger partial charge on any atom is -0.359 e. The fourth-order valence-electron chi connectivity index (χ4n) is 0.545. The summed E-state index contributed by atoms with van der Waals surface area (Å²) in [6.45, 7) is 2.60. The van der Waals surface area contributed by atoms with Crippen LogP contribution in [0.25, 0.3) is 0 Å². The third-order valence-corrected chi connectivity index (χ3v) is 1.14. The maximum atomic E-state index is 9.97. The predicted molar refractivity (Wildman–Crippen MR) is 50.6 cm³/mol. The number of carbonyl (C=O) groups excluding carboxylic acids is 1. The van der Waals surface area contributed by atoms with Crippen LogP contribution in [0.5, 0.6) is 0 Å². The number of nitrogens with one attached hydrogen (secondary N) is 1. The molecule has 14 heavy (non-hydrogen) atoms. The van der Waals surface area contributed by atoms with Gasteiger partial charge in [-0.15, -0.1) is 0 Å². The van der Waals surface area contributed by atoms with Gasteiger partial charge in [0, 0.05) is 18.8 Å². The molecule has 0 atom stereocenters. The molecule has 1 heterocycles. The van der Waals surface area contributed by atoms with Gasteiger partial charge in [-0.3, -0.25) is 19.9 Å². The number of aromatic nitrogens is 1. The molecule has 0 aliphatic heterocycles. The van der Waals surface area contributed by atoms with Crippen LogP contribution in [0.2, 0.25) is 0 Å². The van der Waals surface area contributed by atoms with Gasteiger partial charge in [-0.25, -0.2) is 0 Å². The van der Waals surface area contributed by atoms with E-state index in [9.17, 15) is 14.9 Å². The van der Waals surface area contributed by atoms with Crippen molar-refractivity contribution in [3.63, 3.8) is 0 Å². The fourth-order valence-corrected chi connectivity index (χ4v) is 0.545. The molecule has 0 unspecified atom stereocenters. The summed E-state index contributed by atoms with van der Waals surface area (Å²) in [5, 5.41) is 12.4. The van der Waals surface area contributed by atoms with Crippen molar-refractivity contribution >= 4 is 12.1 Å². The molecule has 6 nitrogen and oxygen atoms in total. The van der Waals surface area contributed by atoms with Crippen molar-refractivity contribution < 1.29 is 9.72 Å². The summed E-state index contributed by atoms with van der Waals surface area (Å²) in [5.41, 5.74) is 0.0255. The van der Waals surface area contributed by atoms with Gasteiger partial charge in [-0.1, -0.05) is 0 Å². The molecular weight excluding hydrogens is 186 g/mol. The first-order valence-corrected chi connectivity index (χ1v) is 3.93. The number of hydrogen-bond acceptors (Lipinski definition) is 4.